The van der Waals surface area contributed by atoms with Crippen LogP contribution in [-0.2, 0) is 11.3 Å². The topological polar surface area (TPSA) is 60.3 Å². The number of benzene rings is 1. The van der Waals surface area contributed by atoms with Crippen LogP contribution in [0.2, 0.25) is 0 Å². The molecule has 152 valence electrons. The van der Waals surface area contributed by atoms with Crippen LogP contribution in [0.25, 0.3) is 11.4 Å². The Morgan fingerprint density at radius 3 is 2.64 bits per heavy atom. The maximum atomic E-state index is 12.7. The Bertz CT molecular complexity index is 788. The minimum atomic E-state index is 0.197. The number of ether oxygens (including phenoxy) is 1. The van der Waals surface area contributed by atoms with Gasteiger partial charge >= 0.3 is 0 Å². The highest BCUT2D eigenvalue weighted by Crippen LogP contribution is 2.27. The molecule has 0 bridgehead atoms. The molecule has 0 saturated carbocycles. The van der Waals surface area contributed by atoms with Crippen molar-refractivity contribution in [1.29, 1.82) is 0 Å². The summed E-state index contributed by atoms with van der Waals surface area (Å²) in [5.74, 6) is 2.70. The number of aromatic nitrogens is 3. The van der Waals surface area contributed by atoms with Crippen molar-refractivity contribution in [2.24, 2.45) is 5.92 Å². The van der Waals surface area contributed by atoms with Crippen molar-refractivity contribution in [3.63, 3.8) is 0 Å². The van der Waals surface area contributed by atoms with Crippen molar-refractivity contribution in [2.75, 3.05) is 19.4 Å². The van der Waals surface area contributed by atoms with E-state index >= 15 is 0 Å². The van der Waals surface area contributed by atoms with Gasteiger partial charge in [-0.25, -0.2) is 0 Å². The van der Waals surface area contributed by atoms with Crippen molar-refractivity contribution >= 4 is 17.7 Å². The third kappa shape index (κ3) is 4.87. The number of nitrogens with zero attached hydrogens (tertiary/aromatic N) is 4. The van der Waals surface area contributed by atoms with Gasteiger partial charge in [-0.15, -0.1) is 10.2 Å². The summed E-state index contributed by atoms with van der Waals surface area (Å²) in [6.07, 6.45) is 3.42. The summed E-state index contributed by atoms with van der Waals surface area (Å²) in [5, 5.41) is 9.63. The fraction of sp³-hybridized carbons (Fsp3) is 0.571. The minimum Gasteiger partial charge on any atom is -0.497 e. The molecule has 7 heteroatoms. The maximum Gasteiger partial charge on any atom is 0.233 e. The Balaban J connectivity index is 1.76. The van der Waals surface area contributed by atoms with Crippen LogP contribution < -0.4 is 4.74 Å². The number of hydrogen-bond acceptors (Lipinski definition) is 5. The number of hydrogen-bond donors (Lipinski definition) is 0. The van der Waals surface area contributed by atoms with E-state index in [9.17, 15) is 4.79 Å². The maximum absolute atomic E-state index is 12.7. The van der Waals surface area contributed by atoms with Crippen LogP contribution in [0, 0.1) is 5.92 Å². The molecule has 1 aromatic carbocycles. The molecular weight excluding hydrogens is 372 g/mol. The van der Waals surface area contributed by atoms with E-state index in [0.29, 0.717) is 17.7 Å². The number of likely N-dealkylation sites (tertiary alicyclic amines) is 1. The van der Waals surface area contributed by atoms with E-state index in [-0.39, 0.29) is 5.91 Å². The highest BCUT2D eigenvalue weighted by atomic mass is 32.2. The van der Waals surface area contributed by atoms with Gasteiger partial charge in [-0.2, -0.15) is 0 Å². The highest BCUT2D eigenvalue weighted by molar-refractivity contribution is 7.99. The number of rotatable bonds is 7. The normalized spacial score (nSPS) is 17.2. The summed E-state index contributed by atoms with van der Waals surface area (Å²) in [4.78, 5) is 14.7. The second kappa shape index (κ2) is 9.45. The first-order valence-corrected chi connectivity index (χ1v) is 11.0. The van der Waals surface area contributed by atoms with Crippen LogP contribution in [0.3, 0.4) is 0 Å². The highest BCUT2D eigenvalue weighted by Gasteiger charge is 2.24. The molecule has 1 aromatic heterocycles. The molecule has 0 unspecified atom stereocenters. The SMILES string of the molecule is COc1ccc(-c2nnc(SCC(=O)N3CCCC[C@H]3C)n2CC(C)C)cc1. The first-order chi connectivity index (χ1) is 13.5. The van der Waals surface area contributed by atoms with Crippen LogP contribution in [-0.4, -0.2) is 51.0 Å². The van der Waals surface area contributed by atoms with Crippen LogP contribution in [0.1, 0.15) is 40.0 Å². The molecule has 2 aromatic rings. The van der Waals surface area contributed by atoms with E-state index in [1.807, 2.05) is 29.2 Å². The molecule has 3 rings (SSSR count). The van der Waals surface area contributed by atoms with E-state index in [1.54, 1.807) is 7.11 Å². The second-order valence-corrected chi connectivity index (χ2v) is 8.70. The van der Waals surface area contributed by atoms with E-state index < -0.39 is 0 Å². The molecule has 1 fully saturated rings. The Hall–Kier alpha value is -2.02. The van der Waals surface area contributed by atoms with Crippen molar-refractivity contribution in [3.05, 3.63) is 24.3 Å². The van der Waals surface area contributed by atoms with E-state index in [2.05, 4.69) is 35.5 Å². The molecule has 28 heavy (non-hydrogen) atoms. The molecule has 1 amide bonds. The summed E-state index contributed by atoms with van der Waals surface area (Å²) < 4.78 is 7.38. The van der Waals surface area contributed by atoms with Crippen molar-refractivity contribution in [3.8, 4) is 17.1 Å². The van der Waals surface area contributed by atoms with Gasteiger partial charge in [-0.1, -0.05) is 25.6 Å². The van der Waals surface area contributed by atoms with Gasteiger partial charge in [0.25, 0.3) is 0 Å². The lowest BCUT2D eigenvalue weighted by molar-refractivity contribution is -0.131. The lowest BCUT2D eigenvalue weighted by atomic mass is 10.0. The van der Waals surface area contributed by atoms with E-state index in [0.717, 1.165) is 48.2 Å². The second-order valence-electron chi connectivity index (χ2n) is 7.76. The zero-order valence-electron chi connectivity index (χ0n) is 17.2. The lowest BCUT2D eigenvalue weighted by Crippen LogP contribution is -2.43. The van der Waals surface area contributed by atoms with Crippen LogP contribution in [0.5, 0.6) is 5.75 Å². The van der Waals surface area contributed by atoms with Gasteiger partial charge < -0.3 is 14.2 Å². The average molecular weight is 403 g/mol. The fourth-order valence-electron chi connectivity index (χ4n) is 3.56. The summed E-state index contributed by atoms with van der Waals surface area (Å²) in [6.45, 7) is 8.17. The third-order valence-corrected chi connectivity index (χ3v) is 6.01. The molecule has 0 radical (unpaired) electrons. The number of methoxy groups -OCH3 is 1. The van der Waals surface area contributed by atoms with Crippen LogP contribution >= 0.6 is 11.8 Å². The smallest absolute Gasteiger partial charge is 0.233 e. The molecule has 2 heterocycles. The van der Waals surface area contributed by atoms with Gasteiger partial charge in [0.15, 0.2) is 11.0 Å². The van der Waals surface area contributed by atoms with E-state index in [4.69, 9.17) is 4.74 Å². The summed E-state index contributed by atoms with van der Waals surface area (Å²) in [6, 6.07) is 8.18. The van der Waals surface area contributed by atoms with Crippen molar-refractivity contribution in [1.82, 2.24) is 19.7 Å². The predicted molar refractivity (Wildman–Crippen MR) is 113 cm³/mol. The Morgan fingerprint density at radius 2 is 2.00 bits per heavy atom. The number of amides is 1. The average Bonchev–Trinajstić information content (AvgIpc) is 3.08. The molecule has 0 spiro atoms. The van der Waals surface area contributed by atoms with E-state index in [1.165, 1.54) is 18.2 Å². The number of carbonyl (C=O) groups is 1. The van der Waals surface area contributed by atoms with Crippen LogP contribution in [0.15, 0.2) is 29.4 Å². The zero-order valence-corrected chi connectivity index (χ0v) is 18.0. The summed E-state index contributed by atoms with van der Waals surface area (Å²) >= 11 is 1.49. The number of thioether (sulfide) groups is 1. The first-order valence-electron chi connectivity index (χ1n) is 9.99. The molecule has 1 aliphatic heterocycles. The summed E-state index contributed by atoms with van der Waals surface area (Å²) in [5.41, 5.74) is 0.997. The van der Waals surface area contributed by atoms with Gasteiger partial charge in [0.1, 0.15) is 5.75 Å². The summed E-state index contributed by atoms with van der Waals surface area (Å²) in [7, 11) is 1.66. The fourth-order valence-corrected chi connectivity index (χ4v) is 4.39. The van der Waals surface area contributed by atoms with Crippen molar-refractivity contribution in [2.45, 2.75) is 57.8 Å². The van der Waals surface area contributed by atoms with Gasteiger partial charge in [-0.3, -0.25) is 4.79 Å². The largest absolute Gasteiger partial charge is 0.497 e. The molecular formula is C21H30N4O2S. The Labute approximate surface area is 171 Å². The molecule has 1 saturated heterocycles. The minimum absolute atomic E-state index is 0.197. The van der Waals surface area contributed by atoms with Crippen LogP contribution in [0.4, 0.5) is 0 Å². The van der Waals surface area contributed by atoms with Crippen molar-refractivity contribution < 1.29 is 9.53 Å². The monoisotopic (exact) mass is 402 g/mol. The van der Waals surface area contributed by atoms with Gasteiger partial charge in [0.05, 0.1) is 12.9 Å². The van der Waals surface area contributed by atoms with Gasteiger partial charge in [0, 0.05) is 24.7 Å². The van der Waals surface area contributed by atoms with Gasteiger partial charge in [0.2, 0.25) is 5.91 Å². The molecule has 1 atom stereocenters. The molecule has 0 aliphatic carbocycles. The number of carbonyl (C=O) groups excluding carboxylic acids is 1. The quantitative estimate of drug-likeness (QED) is 0.653. The molecule has 1 aliphatic rings. The van der Waals surface area contributed by atoms with Gasteiger partial charge in [-0.05, 0) is 56.4 Å². The molecule has 0 N–H and O–H groups in total. The predicted octanol–water partition coefficient (Wildman–Crippen LogP) is 4.10. The third-order valence-electron chi connectivity index (χ3n) is 5.06. The number of piperidine rings is 1. The first kappa shape index (κ1) is 20.7. The zero-order chi connectivity index (χ0) is 20.1. The lowest BCUT2D eigenvalue weighted by Gasteiger charge is -2.33. The molecule has 6 nitrogen and oxygen atoms in total. The Morgan fingerprint density at radius 1 is 1.25 bits per heavy atom. The Kier molecular flexibility index (Phi) is 6.99. The standard InChI is InChI=1S/C21H30N4O2S/c1-15(2)13-25-20(17-8-10-18(27-4)11-9-17)22-23-21(25)28-14-19(26)24-12-6-5-7-16(24)3/h8-11,15-16H,5-7,12-14H2,1-4H3/t16-/m1/s1.